The van der Waals surface area contributed by atoms with Gasteiger partial charge in [-0.1, -0.05) is 0 Å². The molecule has 1 fully saturated rings. The van der Waals surface area contributed by atoms with Crippen LogP contribution in [-0.2, 0) is 4.79 Å². The van der Waals surface area contributed by atoms with Gasteiger partial charge in [0.2, 0.25) is 0 Å². The molecule has 3 N–H and O–H groups in total. The molecule has 2 rings (SSSR count). The number of hydrogen-bond acceptors (Lipinski definition) is 9. The Hall–Kier alpha value is -1.29. The average molecular weight is 401 g/mol. The molecule has 1 aliphatic heterocycles. The Morgan fingerprint density at radius 2 is 1.96 bits per heavy atom. The molecular formula is C18H32N4O4S. The smallest absolute Gasteiger partial charge is 0.317 e. The fourth-order valence-electron chi connectivity index (χ4n) is 3.30. The van der Waals surface area contributed by atoms with Gasteiger partial charge in [-0.2, -0.15) is 0 Å². The van der Waals surface area contributed by atoms with E-state index < -0.39 is 6.10 Å². The van der Waals surface area contributed by atoms with Crippen molar-refractivity contribution >= 4 is 17.7 Å². The molecule has 0 saturated carbocycles. The highest BCUT2D eigenvalue weighted by molar-refractivity contribution is 6.99. The lowest BCUT2D eigenvalue weighted by molar-refractivity contribution is -0.140. The van der Waals surface area contributed by atoms with E-state index >= 15 is 0 Å². The second kappa shape index (κ2) is 7.98. The minimum Gasteiger partial charge on any atom is -0.470 e. The zero-order valence-corrected chi connectivity index (χ0v) is 18.1. The van der Waals surface area contributed by atoms with Gasteiger partial charge in [0, 0.05) is 23.2 Å². The van der Waals surface area contributed by atoms with Crippen LogP contribution < -0.4 is 20.1 Å². The van der Waals surface area contributed by atoms with Crippen LogP contribution in [-0.4, -0.2) is 55.7 Å². The Labute approximate surface area is 165 Å². The molecule has 2 atom stereocenters. The standard InChI is InChI=1S/C18H32N4O4S/c1-16(2,3)19-9-11(23)10-25-13-14(21-27-20-13)26-15(24)12-8-17(4,5)22-18(12,6)7/h11-12,19,22-23H,8-10H2,1-7H3. The van der Waals surface area contributed by atoms with Crippen molar-refractivity contribution in [1.82, 2.24) is 19.4 Å². The molecule has 8 nitrogen and oxygen atoms in total. The summed E-state index contributed by atoms with van der Waals surface area (Å²) in [7, 11) is 0. The summed E-state index contributed by atoms with van der Waals surface area (Å²) in [5, 5.41) is 16.7. The van der Waals surface area contributed by atoms with Gasteiger partial charge >= 0.3 is 5.97 Å². The number of aliphatic hydroxyl groups excluding tert-OH is 1. The Kier molecular flexibility index (Phi) is 6.51. The lowest BCUT2D eigenvalue weighted by Gasteiger charge is -2.27. The number of esters is 1. The highest BCUT2D eigenvalue weighted by Gasteiger charge is 2.48. The van der Waals surface area contributed by atoms with Crippen LogP contribution in [0.5, 0.6) is 11.8 Å². The van der Waals surface area contributed by atoms with Gasteiger partial charge in [-0.25, -0.2) is 0 Å². The van der Waals surface area contributed by atoms with E-state index in [4.69, 9.17) is 9.47 Å². The zero-order chi connectivity index (χ0) is 20.5. The Bertz CT molecular complexity index is 654. The summed E-state index contributed by atoms with van der Waals surface area (Å²) < 4.78 is 19.0. The van der Waals surface area contributed by atoms with E-state index in [1.54, 1.807) is 0 Å². The molecule has 154 valence electrons. The molecule has 0 aliphatic carbocycles. The van der Waals surface area contributed by atoms with Crippen molar-refractivity contribution in [1.29, 1.82) is 0 Å². The molecule has 9 heteroatoms. The van der Waals surface area contributed by atoms with Crippen LogP contribution in [0.2, 0.25) is 0 Å². The maximum atomic E-state index is 12.7. The summed E-state index contributed by atoms with van der Waals surface area (Å²) in [6.07, 6.45) is -0.0442. The third-order valence-corrected chi connectivity index (χ3v) is 4.93. The van der Waals surface area contributed by atoms with Gasteiger partial charge in [-0.15, -0.1) is 8.75 Å². The zero-order valence-electron chi connectivity index (χ0n) is 17.3. The summed E-state index contributed by atoms with van der Waals surface area (Å²) >= 11 is 0.905. The number of aromatic nitrogens is 2. The monoisotopic (exact) mass is 400 g/mol. The highest BCUT2D eigenvalue weighted by Crippen LogP contribution is 2.37. The summed E-state index contributed by atoms with van der Waals surface area (Å²) in [5.74, 6) is -0.470. The SMILES string of the molecule is CC(C)(C)NCC(O)COc1nsnc1OC(=O)C1CC(C)(C)NC1(C)C. The molecule has 0 aromatic carbocycles. The van der Waals surface area contributed by atoms with Gasteiger partial charge in [0.25, 0.3) is 11.8 Å². The van der Waals surface area contributed by atoms with Crippen molar-refractivity contribution in [3.63, 3.8) is 0 Å². The normalized spacial score (nSPS) is 22.4. The van der Waals surface area contributed by atoms with E-state index in [1.165, 1.54) is 0 Å². The first kappa shape index (κ1) is 22.0. The van der Waals surface area contributed by atoms with Crippen LogP contribution in [0.4, 0.5) is 0 Å². The molecule has 1 aromatic rings. The molecule has 1 saturated heterocycles. The summed E-state index contributed by atoms with van der Waals surface area (Å²) in [6.45, 7) is 14.6. The highest BCUT2D eigenvalue weighted by atomic mass is 32.1. The van der Waals surface area contributed by atoms with Crippen molar-refractivity contribution in [3.05, 3.63) is 0 Å². The minimum atomic E-state index is -0.715. The van der Waals surface area contributed by atoms with Crippen LogP contribution >= 0.6 is 11.7 Å². The molecule has 27 heavy (non-hydrogen) atoms. The molecule has 0 amide bonds. The molecule has 1 aliphatic rings. The Morgan fingerprint density at radius 1 is 1.33 bits per heavy atom. The number of rotatable bonds is 7. The van der Waals surface area contributed by atoms with E-state index in [0.717, 1.165) is 11.7 Å². The van der Waals surface area contributed by atoms with E-state index in [2.05, 4.69) is 33.2 Å². The third kappa shape index (κ3) is 6.38. The summed E-state index contributed by atoms with van der Waals surface area (Å²) in [4.78, 5) is 12.7. The number of carbonyl (C=O) groups excluding carboxylic acids is 1. The van der Waals surface area contributed by atoms with E-state index in [-0.39, 0.29) is 46.9 Å². The first-order valence-electron chi connectivity index (χ1n) is 9.18. The van der Waals surface area contributed by atoms with E-state index in [1.807, 2.05) is 34.6 Å². The maximum Gasteiger partial charge on any atom is 0.317 e. The van der Waals surface area contributed by atoms with Gasteiger partial charge in [-0.3, -0.25) is 4.79 Å². The fourth-order valence-corrected chi connectivity index (χ4v) is 3.74. The van der Waals surface area contributed by atoms with E-state index in [0.29, 0.717) is 13.0 Å². The predicted molar refractivity (Wildman–Crippen MR) is 104 cm³/mol. The molecule has 0 radical (unpaired) electrons. The van der Waals surface area contributed by atoms with Crippen molar-refractivity contribution < 1.29 is 19.4 Å². The second-order valence-corrected chi connectivity index (χ2v) is 9.91. The van der Waals surface area contributed by atoms with Crippen LogP contribution in [0.15, 0.2) is 0 Å². The molecule has 2 heterocycles. The average Bonchev–Trinajstić information content (AvgIpc) is 3.02. The van der Waals surface area contributed by atoms with Gasteiger partial charge in [0.1, 0.15) is 12.7 Å². The van der Waals surface area contributed by atoms with Gasteiger partial charge < -0.3 is 25.2 Å². The van der Waals surface area contributed by atoms with Gasteiger partial charge in [0.15, 0.2) is 0 Å². The van der Waals surface area contributed by atoms with Crippen LogP contribution in [0.1, 0.15) is 54.9 Å². The topological polar surface area (TPSA) is 106 Å². The summed E-state index contributed by atoms with van der Waals surface area (Å²) in [5.41, 5.74) is -0.614. The lowest BCUT2D eigenvalue weighted by atomic mass is 9.87. The largest absolute Gasteiger partial charge is 0.470 e. The quantitative estimate of drug-likeness (QED) is 0.595. The maximum absolute atomic E-state index is 12.7. The molecule has 2 unspecified atom stereocenters. The van der Waals surface area contributed by atoms with Crippen molar-refractivity contribution in [2.24, 2.45) is 5.92 Å². The number of nitrogens with one attached hydrogen (secondary N) is 2. The summed E-state index contributed by atoms with van der Waals surface area (Å²) in [6, 6.07) is 0. The fraction of sp³-hybridized carbons (Fsp3) is 0.833. The first-order valence-corrected chi connectivity index (χ1v) is 9.92. The molecule has 1 aromatic heterocycles. The Balaban J connectivity index is 1.92. The number of ether oxygens (including phenoxy) is 2. The lowest BCUT2D eigenvalue weighted by Crippen LogP contribution is -2.47. The second-order valence-electron chi connectivity index (χ2n) is 9.38. The number of carbonyl (C=O) groups is 1. The minimum absolute atomic E-state index is 0.0303. The number of nitrogens with zero attached hydrogens (tertiary/aromatic N) is 2. The van der Waals surface area contributed by atoms with Crippen molar-refractivity contribution in [3.8, 4) is 11.8 Å². The molecular weight excluding hydrogens is 368 g/mol. The molecule has 0 spiro atoms. The Morgan fingerprint density at radius 3 is 2.52 bits per heavy atom. The van der Waals surface area contributed by atoms with Crippen molar-refractivity contribution in [2.75, 3.05) is 13.2 Å². The van der Waals surface area contributed by atoms with Crippen LogP contribution in [0.3, 0.4) is 0 Å². The van der Waals surface area contributed by atoms with Gasteiger partial charge in [-0.05, 0) is 54.9 Å². The number of hydrogen-bond donors (Lipinski definition) is 3. The van der Waals surface area contributed by atoms with Crippen LogP contribution in [0, 0.1) is 5.92 Å². The number of β-amino-alcohol motifs (C(OH)–C–C–N with tert-alkyl or cyclic N) is 1. The predicted octanol–water partition coefficient (Wildman–Crippen LogP) is 1.74. The van der Waals surface area contributed by atoms with Crippen LogP contribution in [0.25, 0.3) is 0 Å². The van der Waals surface area contributed by atoms with Crippen molar-refractivity contribution in [2.45, 2.75) is 77.6 Å². The van der Waals surface area contributed by atoms with Gasteiger partial charge in [0.05, 0.1) is 17.6 Å². The first-order chi connectivity index (χ1) is 12.3. The third-order valence-electron chi connectivity index (χ3n) is 4.44. The molecule has 0 bridgehead atoms. The number of aliphatic hydroxyl groups is 1. The van der Waals surface area contributed by atoms with E-state index in [9.17, 15) is 9.90 Å².